The maximum atomic E-state index is 2.44. The van der Waals surface area contributed by atoms with Gasteiger partial charge in [0, 0.05) is 45.0 Å². The predicted molar refractivity (Wildman–Crippen MR) is 345 cm³/mol. The molecule has 2 heteroatoms. The Morgan fingerprint density at radius 2 is 0.475 bits per heavy atom. The average Bonchev–Trinajstić information content (AvgIpc) is 3.81. The Hall–Kier alpha value is -8.72. The summed E-state index contributed by atoms with van der Waals surface area (Å²) in [5.41, 5.74) is 34.8. The molecule has 0 fully saturated rings. The highest BCUT2D eigenvalue weighted by Crippen LogP contribution is 2.53. The summed E-state index contributed by atoms with van der Waals surface area (Å²) in [6.45, 7) is 27.0. The Morgan fingerprint density at radius 1 is 0.237 bits per heavy atom. The van der Waals surface area contributed by atoms with Crippen LogP contribution >= 0.6 is 0 Å². The van der Waals surface area contributed by atoms with Crippen LogP contribution in [0.3, 0.4) is 0 Å². The number of fused-ring (bicyclic) bond motifs is 6. The lowest BCUT2D eigenvalue weighted by Crippen LogP contribution is -2.17. The molecule has 0 aromatic heterocycles. The van der Waals surface area contributed by atoms with E-state index in [2.05, 4.69) is 311 Å². The monoisotopic (exact) mass is 1040 g/mol. The maximum absolute atomic E-state index is 2.44. The molecule has 2 aliphatic rings. The first-order valence-corrected chi connectivity index (χ1v) is 28.4. The number of anilines is 6. The lowest BCUT2D eigenvalue weighted by atomic mass is 9.81. The number of rotatable bonds is 11. The molecule has 394 valence electrons. The Bertz CT molecular complexity index is 3690. The molecule has 80 heavy (non-hydrogen) atoms. The Labute approximate surface area is 476 Å². The fraction of sp³-hybridized carbons (Fsp3) is 0.179. The van der Waals surface area contributed by atoms with Crippen LogP contribution in [0.15, 0.2) is 194 Å². The molecule has 12 rings (SSSR count). The van der Waals surface area contributed by atoms with Crippen LogP contribution in [-0.4, -0.2) is 0 Å². The molecule has 0 saturated heterocycles. The van der Waals surface area contributed by atoms with Crippen molar-refractivity contribution in [2.75, 3.05) is 9.80 Å². The fourth-order valence-electron chi connectivity index (χ4n) is 13.1. The quantitative estimate of drug-likeness (QED) is 0.119. The molecule has 0 heterocycles. The van der Waals surface area contributed by atoms with Gasteiger partial charge in [0.1, 0.15) is 0 Å². The van der Waals surface area contributed by atoms with E-state index >= 15 is 0 Å². The highest BCUT2D eigenvalue weighted by molar-refractivity contribution is 5.89. The third-order valence-electron chi connectivity index (χ3n) is 16.8. The van der Waals surface area contributed by atoms with Crippen LogP contribution in [0.5, 0.6) is 0 Å². The molecule has 2 nitrogen and oxygen atoms in total. The van der Waals surface area contributed by atoms with Crippen molar-refractivity contribution in [2.24, 2.45) is 0 Å². The van der Waals surface area contributed by atoms with Crippen molar-refractivity contribution in [3.63, 3.8) is 0 Å². The second-order valence-corrected chi connectivity index (χ2v) is 24.3. The van der Waals surface area contributed by atoms with Crippen molar-refractivity contribution in [1.29, 1.82) is 0 Å². The fourth-order valence-corrected chi connectivity index (χ4v) is 13.1. The van der Waals surface area contributed by atoms with Gasteiger partial charge in [-0.15, -0.1) is 0 Å². The highest BCUT2D eigenvalue weighted by atomic mass is 15.1. The average molecular weight is 1040 g/mol. The summed E-state index contributed by atoms with van der Waals surface area (Å²) in [5, 5.41) is 0. The van der Waals surface area contributed by atoms with Crippen LogP contribution < -0.4 is 9.80 Å². The van der Waals surface area contributed by atoms with Crippen molar-refractivity contribution < 1.29 is 0 Å². The number of hydrogen-bond donors (Lipinski definition) is 0. The minimum absolute atomic E-state index is 0.167. The number of aryl methyl sites for hydroxylation is 8. The molecule has 0 saturated carbocycles. The van der Waals surface area contributed by atoms with Gasteiger partial charge in [-0.05, 0) is 251 Å². The van der Waals surface area contributed by atoms with Gasteiger partial charge < -0.3 is 9.80 Å². The van der Waals surface area contributed by atoms with Gasteiger partial charge >= 0.3 is 0 Å². The van der Waals surface area contributed by atoms with Crippen LogP contribution in [0.25, 0.3) is 57.7 Å². The molecule has 0 aliphatic heterocycles. The molecular weight excluding hydrogens is 965 g/mol. The first kappa shape index (κ1) is 52.0. The summed E-state index contributed by atoms with van der Waals surface area (Å²) in [4.78, 5) is 4.87. The minimum atomic E-state index is -0.167. The van der Waals surface area contributed by atoms with E-state index < -0.39 is 0 Å². The van der Waals surface area contributed by atoms with E-state index in [1.807, 2.05) is 0 Å². The lowest BCUT2D eigenvalue weighted by molar-refractivity contribution is 0.660. The maximum Gasteiger partial charge on any atom is 0.0466 e. The van der Waals surface area contributed by atoms with Crippen molar-refractivity contribution in [2.45, 2.75) is 93.9 Å². The molecule has 0 amide bonds. The van der Waals surface area contributed by atoms with Gasteiger partial charge in [-0.25, -0.2) is 0 Å². The topological polar surface area (TPSA) is 6.48 Å². The summed E-state index contributed by atoms with van der Waals surface area (Å²) >= 11 is 0. The van der Waals surface area contributed by atoms with Crippen LogP contribution in [0.2, 0.25) is 0 Å². The molecule has 10 aromatic carbocycles. The summed E-state index contributed by atoms with van der Waals surface area (Å²) in [6.07, 6.45) is 8.99. The molecule has 0 unspecified atom stereocenters. The van der Waals surface area contributed by atoms with Gasteiger partial charge in [0.2, 0.25) is 0 Å². The number of nitrogens with zero attached hydrogens (tertiary/aromatic N) is 2. The van der Waals surface area contributed by atoms with Crippen LogP contribution in [0.1, 0.15) is 117 Å². The Balaban J connectivity index is 0.731. The normalized spacial score (nSPS) is 13.6. The van der Waals surface area contributed by atoms with Gasteiger partial charge in [-0.2, -0.15) is 0 Å². The summed E-state index contributed by atoms with van der Waals surface area (Å²) in [5.74, 6) is 0. The molecule has 0 atom stereocenters. The highest BCUT2D eigenvalue weighted by Gasteiger charge is 2.38. The van der Waals surface area contributed by atoms with Crippen molar-refractivity contribution in [3.8, 4) is 33.4 Å². The minimum Gasteiger partial charge on any atom is -0.310 e. The van der Waals surface area contributed by atoms with Gasteiger partial charge in [0.25, 0.3) is 0 Å². The second kappa shape index (κ2) is 20.2. The SMILES string of the molecule is Cc1cc(C)cc(N(c2cc(C)cc(C)c2)c2ccc3c(c2)C(C)(C)c2cc(/C=C/c4ccc(-c5ccc(/C=C/c6ccc7c(c6)C(C)(C)c6cc(N(c8cc(C)cc(C)c8)c8cc(C)cc(C)c8)ccc6-7)cc5)cc4)ccc2-3)c1. The predicted octanol–water partition coefficient (Wildman–Crippen LogP) is 21.7. The molecule has 0 bridgehead atoms. The third-order valence-corrected chi connectivity index (χ3v) is 16.8. The van der Waals surface area contributed by atoms with E-state index in [1.54, 1.807) is 0 Å². The molecule has 0 radical (unpaired) electrons. The second-order valence-electron chi connectivity index (χ2n) is 24.3. The standard InChI is InChI=1S/C78H72N2/c1-49-33-50(2)38-65(37-49)79(66-39-51(3)34-52(4)40-66)63-27-31-71-69-29-21-59(45-73(69)77(9,10)75(71)47-63)15-13-57-17-23-61(24-18-57)62-25-19-58(20-26-62)14-16-60-22-30-70-72-32-28-64(48-76(72)78(11,12)74(70)46-60)80(67-41-53(5)35-54(6)42-67)68-43-55(7)36-56(8)44-68/h13-48H,1-12H3/b15-13+,16-14+. The third kappa shape index (κ3) is 9.83. The van der Waals surface area contributed by atoms with Crippen LogP contribution in [-0.2, 0) is 10.8 Å². The van der Waals surface area contributed by atoms with Gasteiger partial charge in [-0.3, -0.25) is 0 Å². The van der Waals surface area contributed by atoms with E-state index in [0.717, 1.165) is 0 Å². The Morgan fingerprint density at radius 3 is 0.762 bits per heavy atom. The van der Waals surface area contributed by atoms with E-state index in [-0.39, 0.29) is 10.8 Å². The largest absolute Gasteiger partial charge is 0.310 e. The summed E-state index contributed by atoms with van der Waals surface area (Å²) in [7, 11) is 0. The van der Waals surface area contributed by atoms with Crippen LogP contribution in [0, 0.1) is 55.4 Å². The van der Waals surface area contributed by atoms with Gasteiger partial charge in [0.15, 0.2) is 0 Å². The number of hydrogen-bond acceptors (Lipinski definition) is 2. The van der Waals surface area contributed by atoms with Crippen molar-refractivity contribution in [1.82, 2.24) is 0 Å². The van der Waals surface area contributed by atoms with Gasteiger partial charge in [0.05, 0.1) is 0 Å². The van der Waals surface area contributed by atoms with E-state index in [1.165, 1.54) is 157 Å². The molecule has 10 aromatic rings. The smallest absolute Gasteiger partial charge is 0.0466 e. The van der Waals surface area contributed by atoms with Gasteiger partial charge in [-0.1, -0.05) is 173 Å². The van der Waals surface area contributed by atoms with E-state index in [4.69, 9.17) is 0 Å². The Kier molecular flexibility index (Phi) is 13.1. The lowest BCUT2D eigenvalue weighted by Gasteiger charge is -2.29. The number of benzene rings is 10. The summed E-state index contributed by atoms with van der Waals surface area (Å²) in [6, 6.07) is 73.5. The first-order chi connectivity index (χ1) is 38.3. The molecule has 2 aliphatic carbocycles. The first-order valence-electron chi connectivity index (χ1n) is 28.4. The zero-order valence-corrected chi connectivity index (χ0v) is 48.7. The summed E-state index contributed by atoms with van der Waals surface area (Å²) < 4.78 is 0. The van der Waals surface area contributed by atoms with E-state index in [9.17, 15) is 0 Å². The van der Waals surface area contributed by atoms with E-state index in [0.29, 0.717) is 0 Å². The zero-order valence-electron chi connectivity index (χ0n) is 48.7. The molecule has 0 N–H and O–H groups in total. The van der Waals surface area contributed by atoms with Crippen molar-refractivity contribution in [3.05, 3.63) is 283 Å². The zero-order chi connectivity index (χ0) is 55.8. The molecular formula is C78H72N2. The van der Waals surface area contributed by atoms with Crippen molar-refractivity contribution >= 4 is 58.4 Å². The van der Waals surface area contributed by atoms with Crippen LogP contribution in [0.4, 0.5) is 34.1 Å². The molecule has 0 spiro atoms.